The molecule has 0 aliphatic heterocycles. The van der Waals surface area contributed by atoms with Crippen LogP contribution in [0, 0.1) is 11.7 Å². The van der Waals surface area contributed by atoms with Gasteiger partial charge in [-0.3, -0.25) is 4.68 Å². The zero-order chi connectivity index (χ0) is 9.97. The first-order valence-corrected chi connectivity index (χ1v) is 4.90. The molecule has 0 aromatic carbocycles. The minimum absolute atomic E-state index is 0.773. The number of aromatic nitrogens is 4. The third kappa shape index (κ3) is 1.93. The van der Waals surface area contributed by atoms with Crippen LogP contribution in [0.5, 0.6) is 0 Å². The van der Waals surface area contributed by atoms with Crippen LogP contribution in [-0.4, -0.2) is 19.3 Å². The second-order valence-electron chi connectivity index (χ2n) is 3.20. The molecule has 2 rings (SSSR count). The molecule has 1 N–H and O–H groups in total. The van der Waals surface area contributed by atoms with E-state index in [2.05, 4.69) is 10.1 Å². The van der Waals surface area contributed by atoms with Gasteiger partial charge in [-0.1, -0.05) is 0 Å². The van der Waals surface area contributed by atoms with Crippen LogP contribution in [0.4, 0.5) is 0 Å². The van der Waals surface area contributed by atoms with Gasteiger partial charge in [0.1, 0.15) is 0 Å². The molecule has 0 bridgehead atoms. The molecule has 2 heterocycles. The van der Waals surface area contributed by atoms with Gasteiger partial charge in [-0.05, 0) is 25.2 Å². The van der Waals surface area contributed by atoms with Crippen molar-refractivity contribution < 1.29 is 0 Å². The highest BCUT2D eigenvalue weighted by molar-refractivity contribution is 7.71. The fourth-order valence-corrected chi connectivity index (χ4v) is 1.68. The van der Waals surface area contributed by atoms with E-state index < -0.39 is 0 Å². The maximum Gasteiger partial charge on any atom is 0.177 e. The maximum absolute atomic E-state index is 5.15. The van der Waals surface area contributed by atoms with Gasteiger partial charge >= 0.3 is 0 Å². The third-order valence-corrected chi connectivity index (χ3v) is 2.38. The van der Waals surface area contributed by atoms with Crippen LogP contribution in [-0.2, 0) is 13.1 Å². The molecule has 4 nitrogen and oxygen atoms in total. The lowest BCUT2D eigenvalue weighted by molar-refractivity contribution is 0.530. The van der Waals surface area contributed by atoms with Crippen LogP contribution in [0.15, 0.2) is 24.7 Å². The Morgan fingerprint density at radius 2 is 2.36 bits per heavy atom. The fourth-order valence-electron chi connectivity index (χ4n) is 1.37. The smallest absolute Gasteiger partial charge is 0.177 e. The molecule has 0 aliphatic carbocycles. The van der Waals surface area contributed by atoms with Gasteiger partial charge in [0.2, 0.25) is 0 Å². The highest BCUT2D eigenvalue weighted by atomic mass is 32.1. The monoisotopic (exact) mass is 208 g/mol. The standard InChI is InChI=1S/C9H12N4S/c1-8-7-12(9(14)11-8)5-6-13-4-2-3-10-13/h2-4,7H,5-6H2,1H3,(H,11,14). The van der Waals surface area contributed by atoms with E-state index in [1.807, 2.05) is 34.6 Å². The molecule has 5 heteroatoms. The van der Waals surface area contributed by atoms with E-state index in [9.17, 15) is 0 Å². The first kappa shape index (κ1) is 9.21. The zero-order valence-corrected chi connectivity index (χ0v) is 8.79. The number of hydrogen-bond acceptors (Lipinski definition) is 2. The summed E-state index contributed by atoms with van der Waals surface area (Å²) in [7, 11) is 0. The van der Waals surface area contributed by atoms with Gasteiger partial charge in [-0.15, -0.1) is 0 Å². The third-order valence-electron chi connectivity index (χ3n) is 2.04. The number of nitrogens with zero attached hydrogens (tertiary/aromatic N) is 3. The van der Waals surface area contributed by atoms with Crippen LogP contribution in [0.1, 0.15) is 5.69 Å². The lowest BCUT2D eigenvalue weighted by Gasteiger charge is -2.01. The molecule has 0 spiro atoms. The Bertz CT molecular complexity index is 451. The van der Waals surface area contributed by atoms with E-state index in [4.69, 9.17) is 12.2 Å². The van der Waals surface area contributed by atoms with Gasteiger partial charge in [0.15, 0.2) is 4.77 Å². The Labute approximate surface area is 87.2 Å². The van der Waals surface area contributed by atoms with E-state index in [-0.39, 0.29) is 0 Å². The summed E-state index contributed by atoms with van der Waals surface area (Å²) in [5.41, 5.74) is 1.09. The van der Waals surface area contributed by atoms with Crippen molar-refractivity contribution in [3.8, 4) is 0 Å². The zero-order valence-electron chi connectivity index (χ0n) is 7.97. The van der Waals surface area contributed by atoms with Gasteiger partial charge in [0.25, 0.3) is 0 Å². The molecular weight excluding hydrogens is 196 g/mol. The van der Waals surface area contributed by atoms with Crippen molar-refractivity contribution in [2.24, 2.45) is 0 Å². The van der Waals surface area contributed by atoms with Crippen LogP contribution in [0.2, 0.25) is 0 Å². The number of rotatable bonds is 3. The second kappa shape index (κ2) is 3.79. The summed E-state index contributed by atoms with van der Waals surface area (Å²) in [5, 5.41) is 4.13. The van der Waals surface area contributed by atoms with Crippen molar-refractivity contribution in [1.29, 1.82) is 0 Å². The number of imidazole rings is 1. The number of aromatic amines is 1. The molecule has 0 unspecified atom stereocenters. The molecule has 14 heavy (non-hydrogen) atoms. The largest absolute Gasteiger partial charge is 0.335 e. The predicted molar refractivity (Wildman–Crippen MR) is 56.6 cm³/mol. The summed E-state index contributed by atoms with van der Waals surface area (Å²) in [6.07, 6.45) is 5.75. The molecule has 0 saturated carbocycles. The molecule has 0 radical (unpaired) electrons. The lowest BCUT2D eigenvalue weighted by atomic mass is 10.5. The minimum Gasteiger partial charge on any atom is -0.335 e. The molecule has 74 valence electrons. The Morgan fingerprint density at radius 3 is 2.93 bits per heavy atom. The van der Waals surface area contributed by atoms with Crippen molar-refractivity contribution >= 4 is 12.2 Å². The highest BCUT2D eigenvalue weighted by Gasteiger charge is 1.96. The minimum atomic E-state index is 0.773. The van der Waals surface area contributed by atoms with Gasteiger partial charge in [-0.25, -0.2) is 0 Å². The molecule has 2 aromatic rings. The van der Waals surface area contributed by atoms with Crippen LogP contribution in [0.3, 0.4) is 0 Å². The van der Waals surface area contributed by atoms with E-state index >= 15 is 0 Å². The summed E-state index contributed by atoms with van der Waals surface area (Å²) >= 11 is 5.15. The molecular formula is C9H12N4S. The number of H-pyrrole nitrogens is 1. The van der Waals surface area contributed by atoms with Crippen LogP contribution in [0.25, 0.3) is 0 Å². The summed E-state index contributed by atoms with van der Waals surface area (Å²) in [6.45, 7) is 3.70. The average Bonchev–Trinajstić information content (AvgIpc) is 2.72. The first-order chi connectivity index (χ1) is 6.75. The van der Waals surface area contributed by atoms with E-state index in [1.54, 1.807) is 6.20 Å². The molecule has 0 fully saturated rings. The van der Waals surface area contributed by atoms with Crippen LogP contribution >= 0.6 is 12.2 Å². The summed E-state index contributed by atoms with van der Waals surface area (Å²) in [6, 6.07) is 1.92. The van der Waals surface area contributed by atoms with Crippen LogP contribution < -0.4 is 0 Å². The van der Waals surface area contributed by atoms with Crippen molar-refractivity contribution in [2.75, 3.05) is 0 Å². The molecule has 2 aromatic heterocycles. The van der Waals surface area contributed by atoms with Gasteiger partial charge in [-0.2, -0.15) is 5.10 Å². The average molecular weight is 208 g/mol. The predicted octanol–water partition coefficient (Wildman–Crippen LogP) is 1.75. The Kier molecular flexibility index (Phi) is 2.49. The Hall–Kier alpha value is -1.36. The summed E-state index contributed by atoms with van der Waals surface area (Å²) in [5.74, 6) is 0. The Balaban J connectivity index is 2.05. The van der Waals surface area contributed by atoms with Gasteiger partial charge in [0, 0.05) is 30.8 Å². The van der Waals surface area contributed by atoms with Crippen molar-refractivity contribution in [3.63, 3.8) is 0 Å². The van der Waals surface area contributed by atoms with E-state index in [0.29, 0.717) is 0 Å². The molecule has 0 aliphatic rings. The fraction of sp³-hybridized carbons (Fsp3) is 0.333. The second-order valence-corrected chi connectivity index (χ2v) is 3.59. The lowest BCUT2D eigenvalue weighted by Crippen LogP contribution is -2.06. The first-order valence-electron chi connectivity index (χ1n) is 4.49. The van der Waals surface area contributed by atoms with Gasteiger partial charge in [0.05, 0.1) is 6.54 Å². The van der Waals surface area contributed by atoms with Crippen molar-refractivity contribution in [3.05, 3.63) is 35.1 Å². The molecule has 0 atom stereocenters. The number of hydrogen-bond donors (Lipinski definition) is 1. The van der Waals surface area contributed by atoms with E-state index in [1.165, 1.54) is 0 Å². The van der Waals surface area contributed by atoms with Crippen molar-refractivity contribution in [1.82, 2.24) is 19.3 Å². The Morgan fingerprint density at radius 1 is 1.50 bits per heavy atom. The molecule has 0 amide bonds. The number of nitrogens with one attached hydrogen (secondary N) is 1. The van der Waals surface area contributed by atoms with Gasteiger partial charge < -0.3 is 9.55 Å². The van der Waals surface area contributed by atoms with E-state index in [0.717, 1.165) is 23.6 Å². The topological polar surface area (TPSA) is 38.5 Å². The van der Waals surface area contributed by atoms with Crippen molar-refractivity contribution in [2.45, 2.75) is 20.0 Å². The summed E-state index contributed by atoms with van der Waals surface area (Å²) in [4.78, 5) is 3.09. The SMILES string of the molecule is Cc1cn(CCn2cccn2)c(=S)[nH]1. The summed E-state index contributed by atoms with van der Waals surface area (Å²) < 4.78 is 4.69. The quantitative estimate of drug-likeness (QED) is 0.780. The highest BCUT2D eigenvalue weighted by Crippen LogP contribution is 1.98. The maximum atomic E-state index is 5.15. The number of aryl methyl sites for hydroxylation is 3. The molecule has 0 saturated heterocycles. The normalized spacial score (nSPS) is 10.6.